The minimum Gasteiger partial charge on any atom is -0.476 e. The Kier molecular flexibility index (Phi) is 3.62. The van der Waals surface area contributed by atoms with Crippen LogP contribution in [0.3, 0.4) is 0 Å². The summed E-state index contributed by atoms with van der Waals surface area (Å²) in [5.74, 6) is -0.998. The van der Waals surface area contributed by atoms with Gasteiger partial charge in [-0.2, -0.15) is 0 Å². The van der Waals surface area contributed by atoms with E-state index < -0.39 is 12.0 Å². The van der Waals surface area contributed by atoms with Crippen LogP contribution in [0.5, 0.6) is 0 Å². The topological polar surface area (TPSA) is 97.5 Å². The molecule has 1 atom stereocenters. The van der Waals surface area contributed by atoms with Crippen molar-refractivity contribution in [3.05, 3.63) is 11.4 Å². The molecule has 1 N–H and O–H groups in total. The van der Waals surface area contributed by atoms with Crippen LogP contribution in [0, 0.1) is 0 Å². The zero-order chi connectivity index (χ0) is 15.0. The molecule has 1 saturated carbocycles. The number of carbonyl (C=O) groups is 2. The number of ether oxygens (including phenoxy) is 1. The van der Waals surface area contributed by atoms with E-state index in [0.29, 0.717) is 32.0 Å². The molecule has 3 rings (SSSR count). The first-order chi connectivity index (χ1) is 10.1. The molecular weight excluding hydrogens is 276 g/mol. The molecule has 1 aliphatic carbocycles. The van der Waals surface area contributed by atoms with Gasteiger partial charge in [-0.25, -0.2) is 9.48 Å². The number of morpholine rings is 1. The van der Waals surface area contributed by atoms with Gasteiger partial charge < -0.3 is 14.7 Å². The second-order valence-corrected chi connectivity index (χ2v) is 5.46. The van der Waals surface area contributed by atoms with Crippen molar-refractivity contribution in [3.8, 4) is 0 Å². The number of aromatic nitrogens is 3. The minimum atomic E-state index is -1.09. The van der Waals surface area contributed by atoms with Gasteiger partial charge in [0.2, 0.25) is 5.91 Å². The van der Waals surface area contributed by atoms with Crippen molar-refractivity contribution in [1.82, 2.24) is 19.9 Å². The first-order valence-corrected chi connectivity index (χ1v) is 7.14. The predicted octanol–water partition coefficient (Wildman–Crippen LogP) is 0.274. The maximum atomic E-state index is 12.5. The molecule has 21 heavy (non-hydrogen) atoms. The summed E-state index contributed by atoms with van der Waals surface area (Å²) < 4.78 is 6.72. The first-order valence-electron chi connectivity index (χ1n) is 7.14. The lowest BCUT2D eigenvalue weighted by molar-refractivity contribution is -0.138. The monoisotopic (exact) mass is 294 g/mol. The summed E-state index contributed by atoms with van der Waals surface area (Å²) in [6, 6.07) is -0.542. The van der Waals surface area contributed by atoms with Crippen LogP contribution in [0.25, 0.3) is 0 Å². The highest BCUT2D eigenvalue weighted by Gasteiger charge is 2.37. The molecule has 2 aliphatic rings. The highest BCUT2D eigenvalue weighted by molar-refractivity contribution is 5.87. The molecule has 0 spiro atoms. The fourth-order valence-corrected chi connectivity index (χ4v) is 2.63. The van der Waals surface area contributed by atoms with E-state index in [9.17, 15) is 14.7 Å². The predicted molar refractivity (Wildman–Crippen MR) is 71.1 cm³/mol. The van der Waals surface area contributed by atoms with Gasteiger partial charge in [0.15, 0.2) is 5.69 Å². The zero-order valence-electron chi connectivity index (χ0n) is 11.9. The van der Waals surface area contributed by atoms with Gasteiger partial charge in [0, 0.05) is 19.0 Å². The summed E-state index contributed by atoms with van der Waals surface area (Å²) in [6.45, 7) is 3.92. The number of hydrogen-bond donors (Lipinski definition) is 1. The van der Waals surface area contributed by atoms with Gasteiger partial charge in [0.25, 0.3) is 0 Å². The normalized spacial score (nSPS) is 20.3. The average molecular weight is 294 g/mol. The molecule has 1 unspecified atom stereocenters. The Balaban J connectivity index is 1.85. The summed E-state index contributed by atoms with van der Waals surface area (Å²) in [6.07, 6.45) is 1.85. The van der Waals surface area contributed by atoms with Crippen molar-refractivity contribution in [2.45, 2.75) is 31.7 Å². The van der Waals surface area contributed by atoms with E-state index in [1.54, 1.807) is 11.8 Å². The Morgan fingerprint density at radius 3 is 2.57 bits per heavy atom. The summed E-state index contributed by atoms with van der Waals surface area (Å²) >= 11 is 0. The van der Waals surface area contributed by atoms with Gasteiger partial charge in [0.1, 0.15) is 6.04 Å². The number of carboxylic acids is 1. The van der Waals surface area contributed by atoms with Gasteiger partial charge in [-0.3, -0.25) is 4.79 Å². The Morgan fingerprint density at radius 2 is 2.00 bits per heavy atom. The summed E-state index contributed by atoms with van der Waals surface area (Å²) in [5.41, 5.74) is 0.552. The third-order valence-electron chi connectivity index (χ3n) is 3.94. The van der Waals surface area contributed by atoms with E-state index in [2.05, 4.69) is 10.3 Å². The van der Waals surface area contributed by atoms with E-state index in [1.165, 1.54) is 4.68 Å². The lowest BCUT2D eigenvalue weighted by Crippen LogP contribution is -2.44. The molecule has 1 saturated heterocycles. The number of aromatic carboxylic acids is 1. The van der Waals surface area contributed by atoms with Gasteiger partial charge in [-0.1, -0.05) is 5.21 Å². The Morgan fingerprint density at radius 1 is 1.33 bits per heavy atom. The Bertz CT molecular complexity index is 561. The molecule has 2 fully saturated rings. The number of hydrogen-bond acceptors (Lipinski definition) is 5. The summed E-state index contributed by atoms with van der Waals surface area (Å²) in [5, 5.41) is 16.9. The number of carboxylic acid groups (broad SMARTS) is 1. The molecule has 1 aromatic rings. The molecular formula is C13H18N4O4. The van der Waals surface area contributed by atoms with E-state index in [0.717, 1.165) is 12.8 Å². The highest BCUT2D eigenvalue weighted by atomic mass is 16.5. The molecule has 0 aromatic carbocycles. The smallest absolute Gasteiger partial charge is 0.358 e. The van der Waals surface area contributed by atoms with Crippen molar-refractivity contribution < 1.29 is 19.4 Å². The molecule has 1 aromatic heterocycles. The van der Waals surface area contributed by atoms with Crippen molar-refractivity contribution in [1.29, 1.82) is 0 Å². The quantitative estimate of drug-likeness (QED) is 0.856. The molecule has 1 aliphatic heterocycles. The van der Waals surface area contributed by atoms with E-state index in [-0.39, 0.29) is 17.5 Å². The minimum absolute atomic E-state index is 0.0286. The fraction of sp³-hybridized carbons (Fsp3) is 0.692. The van der Waals surface area contributed by atoms with Crippen molar-refractivity contribution in [3.63, 3.8) is 0 Å². The number of amides is 1. The van der Waals surface area contributed by atoms with Gasteiger partial charge in [0.05, 0.1) is 18.9 Å². The van der Waals surface area contributed by atoms with Crippen LogP contribution in [0.4, 0.5) is 0 Å². The van der Waals surface area contributed by atoms with Crippen molar-refractivity contribution in [2.75, 3.05) is 26.3 Å². The Labute approximate surface area is 121 Å². The maximum absolute atomic E-state index is 12.5. The van der Waals surface area contributed by atoms with Gasteiger partial charge in [-0.05, 0) is 19.8 Å². The summed E-state index contributed by atoms with van der Waals surface area (Å²) in [7, 11) is 0. The third-order valence-corrected chi connectivity index (χ3v) is 3.94. The molecule has 1 amide bonds. The highest BCUT2D eigenvalue weighted by Crippen LogP contribution is 2.42. The lowest BCUT2D eigenvalue weighted by Gasteiger charge is -2.29. The largest absolute Gasteiger partial charge is 0.476 e. The Hall–Kier alpha value is -1.96. The van der Waals surface area contributed by atoms with E-state index >= 15 is 0 Å². The van der Waals surface area contributed by atoms with Crippen LogP contribution >= 0.6 is 0 Å². The third kappa shape index (κ3) is 2.63. The fourth-order valence-electron chi connectivity index (χ4n) is 2.63. The molecule has 0 radical (unpaired) electrons. The standard InChI is InChI=1S/C13H18N4O4/c1-8(12(18)16-4-6-21-7-5-16)17-11(9-2-3-9)10(13(19)20)14-15-17/h8-9H,2-7H2,1H3,(H,19,20). The molecule has 0 bridgehead atoms. The zero-order valence-corrected chi connectivity index (χ0v) is 11.9. The second kappa shape index (κ2) is 5.44. The number of nitrogens with zero attached hydrogens (tertiary/aromatic N) is 4. The number of carbonyl (C=O) groups excluding carboxylic acids is 1. The second-order valence-electron chi connectivity index (χ2n) is 5.46. The van der Waals surface area contributed by atoms with Crippen molar-refractivity contribution >= 4 is 11.9 Å². The van der Waals surface area contributed by atoms with Crippen LogP contribution in [-0.2, 0) is 9.53 Å². The van der Waals surface area contributed by atoms with Crippen LogP contribution < -0.4 is 0 Å². The van der Waals surface area contributed by atoms with Crippen LogP contribution in [0.15, 0.2) is 0 Å². The number of rotatable bonds is 4. The summed E-state index contributed by atoms with van der Waals surface area (Å²) in [4.78, 5) is 25.5. The maximum Gasteiger partial charge on any atom is 0.358 e. The van der Waals surface area contributed by atoms with Crippen molar-refractivity contribution in [2.24, 2.45) is 0 Å². The van der Waals surface area contributed by atoms with E-state index in [1.807, 2.05) is 0 Å². The molecule has 8 nitrogen and oxygen atoms in total. The van der Waals surface area contributed by atoms with Crippen LogP contribution in [0.1, 0.15) is 47.9 Å². The molecule has 8 heteroatoms. The van der Waals surface area contributed by atoms with Crippen LogP contribution in [-0.4, -0.2) is 63.2 Å². The molecule has 2 heterocycles. The lowest BCUT2D eigenvalue weighted by atomic mass is 10.2. The van der Waals surface area contributed by atoms with Gasteiger partial charge >= 0.3 is 5.97 Å². The molecule has 114 valence electrons. The first kappa shape index (κ1) is 14.0. The van der Waals surface area contributed by atoms with Gasteiger partial charge in [-0.15, -0.1) is 5.10 Å². The van der Waals surface area contributed by atoms with Crippen LogP contribution in [0.2, 0.25) is 0 Å². The SMILES string of the molecule is CC(C(=O)N1CCOCC1)n1nnc(C(=O)O)c1C1CC1. The van der Waals surface area contributed by atoms with E-state index in [4.69, 9.17) is 4.74 Å². The average Bonchev–Trinajstić information content (AvgIpc) is 3.24.